The highest BCUT2D eigenvalue weighted by Gasteiger charge is 2.27. The van der Waals surface area contributed by atoms with Gasteiger partial charge in [0.2, 0.25) is 5.91 Å². The van der Waals surface area contributed by atoms with E-state index in [2.05, 4.69) is 20.7 Å². The number of rotatable bonds is 2. The first-order valence-electron chi connectivity index (χ1n) is 6.24. The molecule has 1 aromatic carbocycles. The standard InChI is InChI=1S/C14H16BrNO3/c1-9-4-3-5-13(17)16(9)12-7-6-10(8-11(12)15)14(18)19-2/h6-9H,3-5H2,1-2H3. The van der Waals surface area contributed by atoms with E-state index in [-0.39, 0.29) is 17.9 Å². The molecule has 1 amide bonds. The predicted molar refractivity (Wildman–Crippen MR) is 76.3 cm³/mol. The molecule has 1 saturated heterocycles. The van der Waals surface area contributed by atoms with E-state index >= 15 is 0 Å². The topological polar surface area (TPSA) is 46.6 Å². The highest BCUT2D eigenvalue weighted by atomic mass is 79.9. The average molecular weight is 326 g/mol. The van der Waals surface area contributed by atoms with Gasteiger partial charge in [-0.05, 0) is 53.9 Å². The number of benzene rings is 1. The molecule has 4 nitrogen and oxygen atoms in total. The van der Waals surface area contributed by atoms with Crippen molar-refractivity contribution in [1.29, 1.82) is 0 Å². The summed E-state index contributed by atoms with van der Waals surface area (Å²) < 4.78 is 5.41. The Hall–Kier alpha value is -1.36. The average Bonchev–Trinajstić information content (AvgIpc) is 2.39. The van der Waals surface area contributed by atoms with Gasteiger partial charge < -0.3 is 9.64 Å². The summed E-state index contributed by atoms with van der Waals surface area (Å²) in [6.45, 7) is 2.04. The van der Waals surface area contributed by atoms with Gasteiger partial charge in [0.25, 0.3) is 0 Å². The second kappa shape index (κ2) is 5.74. The van der Waals surface area contributed by atoms with E-state index in [1.54, 1.807) is 23.1 Å². The normalized spacial score (nSPS) is 19.4. The Morgan fingerprint density at radius 2 is 2.21 bits per heavy atom. The molecule has 0 aromatic heterocycles. The minimum Gasteiger partial charge on any atom is -0.465 e. The second-order valence-electron chi connectivity index (χ2n) is 4.66. The summed E-state index contributed by atoms with van der Waals surface area (Å²) in [6.07, 6.45) is 2.51. The van der Waals surface area contributed by atoms with Crippen LogP contribution < -0.4 is 4.90 Å². The quantitative estimate of drug-likeness (QED) is 0.785. The molecular weight excluding hydrogens is 310 g/mol. The van der Waals surface area contributed by atoms with Crippen molar-refractivity contribution < 1.29 is 14.3 Å². The molecule has 0 radical (unpaired) electrons. The number of carbonyl (C=O) groups excluding carboxylic acids is 2. The van der Waals surface area contributed by atoms with Crippen molar-refractivity contribution in [3.05, 3.63) is 28.2 Å². The van der Waals surface area contributed by atoms with Crippen LogP contribution in [0.15, 0.2) is 22.7 Å². The summed E-state index contributed by atoms with van der Waals surface area (Å²) in [4.78, 5) is 25.3. The fourth-order valence-corrected chi connectivity index (χ4v) is 2.93. The van der Waals surface area contributed by atoms with Gasteiger partial charge in [-0.1, -0.05) is 0 Å². The van der Waals surface area contributed by atoms with Crippen molar-refractivity contribution in [1.82, 2.24) is 0 Å². The smallest absolute Gasteiger partial charge is 0.337 e. The van der Waals surface area contributed by atoms with Gasteiger partial charge in [0.05, 0.1) is 18.4 Å². The second-order valence-corrected chi connectivity index (χ2v) is 5.52. The molecule has 1 aliphatic heterocycles. The third-order valence-corrected chi connectivity index (χ3v) is 3.99. The molecule has 1 aliphatic rings. The molecule has 2 rings (SSSR count). The number of anilines is 1. The largest absolute Gasteiger partial charge is 0.465 e. The molecule has 1 atom stereocenters. The fourth-order valence-electron chi connectivity index (χ4n) is 2.36. The minimum absolute atomic E-state index is 0.130. The van der Waals surface area contributed by atoms with E-state index < -0.39 is 0 Å². The number of methoxy groups -OCH3 is 1. The van der Waals surface area contributed by atoms with Crippen molar-refractivity contribution in [2.45, 2.75) is 32.2 Å². The summed E-state index contributed by atoms with van der Waals surface area (Å²) in [6, 6.07) is 5.34. The lowest BCUT2D eigenvalue weighted by Gasteiger charge is -2.34. The Morgan fingerprint density at radius 1 is 1.47 bits per heavy atom. The van der Waals surface area contributed by atoms with E-state index in [9.17, 15) is 9.59 Å². The number of hydrogen-bond acceptors (Lipinski definition) is 3. The van der Waals surface area contributed by atoms with Crippen LogP contribution in [0, 0.1) is 0 Å². The Balaban J connectivity index is 2.35. The Morgan fingerprint density at radius 3 is 2.79 bits per heavy atom. The number of esters is 1. The van der Waals surface area contributed by atoms with E-state index in [1.807, 2.05) is 6.92 Å². The van der Waals surface area contributed by atoms with Crippen LogP contribution >= 0.6 is 15.9 Å². The van der Waals surface area contributed by atoms with E-state index in [0.717, 1.165) is 23.0 Å². The molecule has 19 heavy (non-hydrogen) atoms. The number of amides is 1. The summed E-state index contributed by atoms with van der Waals surface area (Å²) in [5.41, 5.74) is 1.28. The molecule has 0 bridgehead atoms. The highest BCUT2D eigenvalue weighted by molar-refractivity contribution is 9.10. The van der Waals surface area contributed by atoms with E-state index in [1.165, 1.54) is 7.11 Å². The van der Waals surface area contributed by atoms with Gasteiger partial charge in [-0.15, -0.1) is 0 Å². The maximum Gasteiger partial charge on any atom is 0.337 e. The van der Waals surface area contributed by atoms with Crippen LogP contribution in [0.4, 0.5) is 5.69 Å². The first-order chi connectivity index (χ1) is 9.04. The molecule has 1 aromatic rings. The highest BCUT2D eigenvalue weighted by Crippen LogP contribution is 2.32. The van der Waals surface area contributed by atoms with Crippen LogP contribution in [0.3, 0.4) is 0 Å². The Kier molecular flexibility index (Phi) is 4.24. The molecular formula is C14H16BrNO3. The van der Waals surface area contributed by atoms with Gasteiger partial charge in [0.1, 0.15) is 0 Å². The molecule has 0 N–H and O–H groups in total. The van der Waals surface area contributed by atoms with Crippen LogP contribution in [0.25, 0.3) is 0 Å². The summed E-state index contributed by atoms with van der Waals surface area (Å²) in [7, 11) is 1.35. The number of piperidine rings is 1. The Bertz CT molecular complexity index is 515. The Labute approximate surface area is 120 Å². The third-order valence-electron chi connectivity index (χ3n) is 3.35. The van der Waals surface area contributed by atoms with Gasteiger partial charge in [0.15, 0.2) is 0 Å². The lowest BCUT2D eigenvalue weighted by molar-refractivity contribution is -0.120. The zero-order chi connectivity index (χ0) is 14.0. The number of hydrogen-bond donors (Lipinski definition) is 0. The maximum absolute atomic E-state index is 12.0. The first-order valence-corrected chi connectivity index (χ1v) is 7.04. The zero-order valence-electron chi connectivity index (χ0n) is 11.0. The van der Waals surface area contributed by atoms with Crippen molar-refractivity contribution in [2.24, 2.45) is 0 Å². The fraction of sp³-hybridized carbons (Fsp3) is 0.429. The van der Waals surface area contributed by atoms with Crippen LogP contribution in [0.5, 0.6) is 0 Å². The van der Waals surface area contributed by atoms with Crippen LogP contribution in [0.1, 0.15) is 36.5 Å². The molecule has 102 valence electrons. The third kappa shape index (κ3) is 2.81. The molecule has 0 aliphatic carbocycles. The van der Waals surface area contributed by atoms with Gasteiger partial charge in [0, 0.05) is 16.9 Å². The van der Waals surface area contributed by atoms with Crippen molar-refractivity contribution >= 4 is 33.5 Å². The summed E-state index contributed by atoms with van der Waals surface area (Å²) >= 11 is 3.43. The number of ether oxygens (including phenoxy) is 1. The molecule has 1 unspecified atom stereocenters. The molecule has 0 saturated carbocycles. The van der Waals surface area contributed by atoms with Crippen LogP contribution in [-0.4, -0.2) is 25.0 Å². The molecule has 1 heterocycles. The zero-order valence-corrected chi connectivity index (χ0v) is 12.6. The molecule has 5 heteroatoms. The minimum atomic E-state index is -0.384. The first kappa shape index (κ1) is 14.1. The molecule has 0 spiro atoms. The van der Waals surface area contributed by atoms with E-state index in [4.69, 9.17) is 0 Å². The van der Waals surface area contributed by atoms with Gasteiger partial charge in [-0.2, -0.15) is 0 Å². The molecule has 1 fully saturated rings. The van der Waals surface area contributed by atoms with Gasteiger partial charge >= 0.3 is 5.97 Å². The van der Waals surface area contributed by atoms with E-state index in [0.29, 0.717) is 12.0 Å². The van der Waals surface area contributed by atoms with Crippen molar-refractivity contribution in [3.8, 4) is 0 Å². The van der Waals surface area contributed by atoms with Gasteiger partial charge in [-0.25, -0.2) is 4.79 Å². The van der Waals surface area contributed by atoms with Crippen molar-refractivity contribution in [2.75, 3.05) is 12.0 Å². The predicted octanol–water partition coefficient (Wildman–Crippen LogP) is 3.14. The van der Waals surface area contributed by atoms with Crippen LogP contribution in [-0.2, 0) is 9.53 Å². The number of nitrogens with zero attached hydrogens (tertiary/aromatic N) is 1. The summed E-state index contributed by atoms with van der Waals surface area (Å²) in [5, 5.41) is 0. The maximum atomic E-state index is 12.0. The monoisotopic (exact) mass is 325 g/mol. The SMILES string of the molecule is COC(=O)c1ccc(N2C(=O)CCCC2C)c(Br)c1. The van der Waals surface area contributed by atoms with Gasteiger partial charge in [-0.3, -0.25) is 4.79 Å². The van der Waals surface area contributed by atoms with Crippen molar-refractivity contribution in [3.63, 3.8) is 0 Å². The number of carbonyl (C=O) groups is 2. The lowest BCUT2D eigenvalue weighted by atomic mass is 10.0. The summed E-state index contributed by atoms with van der Waals surface area (Å²) in [5.74, 6) is -0.254. The number of halogens is 1. The lowest BCUT2D eigenvalue weighted by Crippen LogP contribution is -2.42. The van der Waals surface area contributed by atoms with Crippen LogP contribution in [0.2, 0.25) is 0 Å².